The monoisotopic (exact) mass is 390 g/mol. The molecule has 0 heterocycles. The van der Waals surface area contributed by atoms with Gasteiger partial charge < -0.3 is 5.32 Å². The molecule has 0 aromatic heterocycles. The molecule has 0 saturated carbocycles. The number of sulfonamides is 1. The maximum atomic E-state index is 12.4. The number of carbonyl (C=O) groups is 1. The molecule has 2 aromatic carbocycles. The van der Waals surface area contributed by atoms with E-state index in [0.717, 1.165) is 6.07 Å². The van der Waals surface area contributed by atoms with Crippen molar-refractivity contribution in [3.05, 3.63) is 63.7 Å². The van der Waals surface area contributed by atoms with Crippen LogP contribution in [0.25, 0.3) is 0 Å². The molecule has 2 N–H and O–H groups in total. The van der Waals surface area contributed by atoms with Gasteiger partial charge in [0.15, 0.2) is 0 Å². The lowest BCUT2D eigenvalue weighted by molar-refractivity contribution is -0.385. The smallest absolute Gasteiger partial charge is 0.276 e. The number of nitro groups is 1. The molecule has 0 aliphatic rings. The first-order valence-corrected chi connectivity index (χ1v) is 9.27. The van der Waals surface area contributed by atoms with Crippen LogP contribution in [0.1, 0.15) is 25.0 Å². The molecule has 0 saturated heterocycles. The van der Waals surface area contributed by atoms with Crippen LogP contribution in [0.2, 0.25) is 0 Å². The average molecular weight is 390 g/mol. The van der Waals surface area contributed by atoms with Gasteiger partial charge in [0.05, 0.1) is 15.5 Å². The second-order valence-electron chi connectivity index (χ2n) is 5.76. The first-order valence-electron chi connectivity index (χ1n) is 7.79. The van der Waals surface area contributed by atoms with E-state index in [0.29, 0.717) is 22.5 Å². The summed E-state index contributed by atoms with van der Waals surface area (Å²) in [5, 5.41) is 17.5. The Kier molecular flexibility index (Phi) is 5.91. The third-order valence-electron chi connectivity index (χ3n) is 3.62. The van der Waals surface area contributed by atoms with Gasteiger partial charge >= 0.3 is 0 Å². The van der Waals surface area contributed by atoms with Crippen molar-refractivity contribution in [2.75, 3.05) is 5.32 Å². The minimum Gasteiger partial charge on any atom is -0.326 e. The summed E-state index contributed by atoms with van der Waals surface area (Å²) in [5.74, 6) is -0.233. The molecule has 0 bridgehead atoms. The van der Waals surface area contributed by atoms with Gasteiger partial charge in [-0.25, -0.2) is 0 Å². The number of nitrogens with zero attached hydrogens (tertiary/aromatic N) is 2. The Morgan fingerprint density at radius 2 is 1.85 bits per heavy atom. The van der Waals surface area contributed by atoms with Crippen LogP contribution in [-0.2, 0) is 14.8 Å². The first-order chi connectivity index (χ1) is 12.6. The van der Waals surface area contributed by atoms with Crippen LogP contribution in [-0.4, -0.2) is 25.0 Å². The Balaban J connectivity index is 2.27. The Hall–Kier alpha value is -3.27. The van der Waals surface area contributed by atoms with Crippen molar-refractivity contribution in [3.8, 4) is 0 Å². The number of benzene rings is 2. The maximum Gasteiger partial charge on any atom is 0.276 e. The molecule has 142 valence electrons. The van der Waals surface area contributed by atoms with E-state index in [9.17, 15) is 23.3 Å². The largest absolute Gasteiger partial charge is 0.326 e. The molecule has 0 spiro atoms. The summed E-state index contributed by atoms with van der Waals surface area (Å²) >= 11 is 0. The second-order valence-corrected chi connectivity index (χ2v) is 7.42. The molecular formula is C17H18N4O5S. The predicted octanol–water partition coefficient (Wildman–Crippen LogP) is 2.56. The zero-order chi connectivity index (χ0) is 20.2. The molecule has 10 heteroatoms. The number of anilines is 1. The average Bonchev–Trinajstić information content (AvgIpc) is 2.59. The van der Waals surface area contributed by atoms with E-state index in [1.54, 1.807) is 31.2 Å². The summed E-state index contributed by atoms with van der Waals surface area (Å²) < 4.78 is 24.7. The van der Waals surface area contributed by atoms with Crippen molar-refractivity contribution < 1.29 is 18.1 Å². The minimum absolute atomic E-state index is 0.233. The third kappa shape index (κ3) is 5.11. The number of nitrogens with one attached hydrogen (secondary N) is 2. The van der Waals surface area contributed by atoms with Gasteiger partial charge in [-0.05, 0) is 37.6 Å². The fourth-order valence-electron chi connectivity index (χ4n) is 2.22. The van der Waals surface area contributed by atoms with Gasteiger partial charge in [0, 0.05) is 24.2 Å². The first kappa shape index (κ1) is 20.0. The highest BCUT2D eigenvalue weighted by atomic mass is 32.2. The van der Waals surface area contributed by atoms with Crippen molar-refractivity contribution >= 4 is 33.0 Å². The minimum atomic E-state index is -4.08. The normalized spacial score (nSPS) is 11.7. The molecule has 0 aliphatic heterocycles. The van der Waals surface area contributed by atoms with E-state index in [4.69, 9.17) is 0 Å². The highest BCUT2D eigenvalue weighted by molar-refractivity contribution is 7.89. The number of hydrazone groups is 1. The number of aryl methyl sites for hydroxylation is 1. The summed E-state index contributed by atoms with van der Waals surface area (Å²) in [7, 11) is -4.08. The summed E-state index contributed by atoms with van der Waals surface area (Å²) in [6.07, 6.45) is 0. The summed E-state index contributed by atoms with van der Waals surface area (Å²) in [6.45, 7) is 4.49. The van der Waals surface area contributed by atoms with Crippen LogP contribution in [0, 0.1) is 17.0 Å². The topological polar surface area (TPSA) is 131 Å². The molecule has 2 rings (SSSR count). The lowest BCUT2D eigenvalue weighted by Gasteiger charge is -2.08. The summed E-state index contributed by atoms with van der Waals surface area (Å²) in [4.78, 5) is 23.3. The molecule has 0 aliphatic carbocycles. The van der Waals surface area contributed by atoms with Crippen LogP contribution in [0.5, 0.6) is 0 Å². The molecule has 0 fully saturated rings. The standard InChI is InChI=1S/C17H18N4O5S/c1-11-7-8-16(10-17(11)21(23)24)27(25,26)20-19-12(2)14-5-4-6-15(9-14)18-13(3)22/h4-10,20H,1-3H3,(H,18,22)/b19-12+. The lowest BCUT2D eigenvalue weighted by atomic mass is 10.1. The van der Waals surface area contributed by atoms with Crippen molar-refractivity contribution in [3.63, 3.8) is 0 Å². The molecule has 9 nitrogen and oxygen atoms in total. The number of rotatable bonds is 6. The van der Waals surface area contributed by atoms with Gasteiger partial charge in [-0.15, -0.1) is 0 Å². The van der Waals surface area contributed by atoms with Crippen molar-refractivity contribution in [2.45, 2.75) is 25.7 Å². The van der Waals surface area contributed by atoms with Crippen molar-refractivity contribution in [1.82, 2.24) is 4.83 Å². The van der Waals surface area contributed by atoms with Gasteiger partial charge in [0.25, 0.3) is 15.7 Å². The van der Waals surface area contributed by atoms with Crippen LogP contribution < -0.4 is 10.1 Å². The summed E-state index contributed by atoms with van der Waals surface area (Å²) in [5.41, 5.74) is 1.56. The molecule has 0 unspecified atom stereocenters. The van der Waals surface area contributed by atoms with E-state index >= 15 is 0 Å². The van der Waals surface area contributed by atoms with Gasteiger partial charge in [-0.3, -0.25) is 14.9 Å². The zero-order valence-corrected chi connectivity index (χ0v) is 15.7. The molecule has 2 aromatic rings. The number of carbonyl (C=O) groups excluding carboxylic acids is 1. The number of nitro benzene ring substituents is 1. The van der Waals surface area contributed by atoms with Crippen LogP contribution in [0.15, 0.2) is 52.5 Å². The van der Waals surface area contributed by atoms with Crippen LogP contribution in [0.4, 0.5) is 11.4 Å². The van der Waals surface area contributed by atoms with E-state index < -0.39 is 14.9 Å². The molecule has 1 amide bonds. The molecule has 27 heavy (non-hydrogen) atoms. The number of hydrogen-bond donors (Lipinski definition) is 2. The Morgan fingerprint density at radius 3 is 2.48 bits per heavy atom. The van der Waals surface area contributed by atoms with Crippen molar-refractivity contribution in [2.24, 2.45) is 5.10 Å². The molecular weight excluding hydrogens is 372 g/mol. The quantitative estimate of drug-likeness (QED) is 0.445. The second kappa shape index (κ2) is 7.96. The van der Waals surface area contributed by atoms with E-state index in [1.807, 2.05) is 0 Å². The highest BCUT2D eigenvalue weighted by Gasteiger charge is 2.19. The Morgan fingerprint density at radius 1 is 1.15 bits per heavy atom. The highest BCUT2D eigenvalue weighted by Crippen LogP contribution is 2.22. The van der Waals surface area contributed by atoms with Crippen LogP contribution >= 0.6 is 0 Å². The van der Waals surface area contributed by atoms with Crippen LogP contribution in [0.3, 0.4) is 0 Å². The number of hydrogen-bond acceptors (Lipinski definition) is 6. The van der Waals surface area contributed by atoms with Gasteiger partial charge in [-0.2, -0.15) is 18.4 Å². The van der Waals surface area contributed by atoms with Gasteiger partial charge in [0.1, 0.15) is 0 Å². The SMILES string of the molecule is CC(=O)Nc1cccc(/C(C)=N/NS(=O)(=O)c2ccc(C)c([N+](=O)[O-])c2)c1. The Bertz CT molecular complexity index is 1030. The summed E-state index contributed by atoms with van der Waals surface area (Å²) in [6, 6.07) is 10.3. The van der Waals surface area contributed by atoms with Crippen molar-refractivity contribution in [1.29, 1.82) is 0 Å². The number of amides is 1. The van der Waals surface area contributed by atoms with E-state index in [-0.39, 0.29) is 16.5 Å². The maximum absolute atomic E-state index is 12.4. The van der Waals surface area contributed by atoms with E-state index in [1.165, 1.54) is 26.0 Å². The molecule has 0 atom stereocenters. The van der Waals surface area contributed by atoms with E-state index in [2.05, 4.69) is 15.2 Å². The zero-order valence-electron chi connectivity index (χ0n) is 14.9. The third-order valence-corrected chi connectivity index (χ3v) is 4.83. The van der Waals surface area contributed by atoms with Gasteiger partial charge in [0.2, 0.25) is 5.91 Å². The fraction of sp³-hybridized carbons (Fsp3) is 0.176. The Labute approximate surface area is 156 Å². The van der Waals surface area contributed by atoms with Gasteiger partial charge in [-0.1, -0.05) is 18.2 Å². The fourth-order valence-corrected chi connectivity index (χ4v) is 3.10. The lowest BCUT2D eigenvalue weighted by Crippen LogP contribution is -2.20. The molecule has 0 radical (unpaired) electrons. The predicted molar refractivity (Wildman–Crippen MR) is 101 cm³/mol.